The smallest absolute Gasteiger partial charge is 0.260 e. The summed E-state index contributed by atoms with van der Waals surface area (Å²) in [5, 5.41) is 2.24. The number of aromatic nitrogens is 3. The number of benzene rings is 2. The second kappa shape index (κ2) is 5.96. The van der Waals surface area contributed by atoms with Crippen LogP contribution in [0.25, 0.3) is 27.6 Å². The molecule has 0 N–H and O–H groups in total. The Balaban J connectivity index is 1.91. The minimum atomic E-state index is -0.0181. The van der Waals surface area contributed by atoms with Crippen molar-refractivity contribution in [3.8, 4) is 0 Å². The third kappa shape index (κ3) is 2.53. The van der Waals surface area contributed by atoms with E-state index in [0.717, 1.165) is 33.3 Å². The molecule has 3 heterocycles. The van der Waals surface area contributed by atoms with Crippen LogP contribution in [-0.4, -0.2) is 14.0 Å². The number of fused-ring (bicyclic) bond motifs is 5. The van der Waals surface area contributed by atoms with E-state index in [1.54, 1.807) is 4.57 Å². The van der Waals surface area contributed by atoms with Crippen molar-refractivity contribution in [1.29, 1.82) is 0 Å². The molecule has 0 fully saturated rings. The van der Waals surface area contributed by atoms with Crippen molar-refractivity contribution < 1.29 is 0 Å². The van der Waals surface area contributed by atoms with Gasteiger partial charge in [-0.25, -0.2) is 4.98 Å². The van der Waals surface area contributed by atoms with Gasteiger partial charge in [-0.15, -0.1) is 0 Å². The lowest BCUT2D eigenvalue weighted by Gasteiger charge is -2.11. The Morgan fingerprint density at radius 3 is 2.52 bits per heavy atom. The number of aryl methyl sites for hydroxylation is 1. The number of hydrogen-bond donors (Lipinski definition) is 0. The van der Waals surface area contributed by atoms with E-state index in [0.29, 0.717) is 17.0 Å². The molecular weight excluding hydrogens is 358 g/mol. The average Bonchev–Trinajstić information content (AvgIpc) is 3.05. The van der Waals surface area contributed by atoms with Crippen molar-refractivity contribution in [2.24, 2.45) is 0 Å². The molecule has 0 atom stereocenters. The Bertz CT molecular complexity index is 1380. The van der Waals surface area contributed by atoms with Gasteiger partial charge >= 0.3 is 0 Å². The van der Waals surface area contributed by atoms with E-state index in [-0.39, 0.29) is 5.56 Å². The summed E-state index contributed by atoms with van der Waals surface area (Å²) >= 11 is 6.01. The summed E-state index contributed by atoms with van der Waals surface area (Å²) in [5.74, 6) is 0. The van der Waals surface area contributed by atoms with E-state index in [4.69, 9.17) is 16.6 Å². The van der Waals surface area contributed by atoms with Crippen LogP contribution in [0.4, 0.5) is 0 Å². The Hall–Kier alpha value is -3.11. The number of rotatable bonds is 2. The van der Waals surface area contributed by atoms with Gasteiger partial charge in [0, 0.05) is 22.0 Å². The van der Waals surface area contributed by atoms with Gasteiger partial charge in [0.05, 0.1) is 6.54 Å². The summed E-state index contributed by atoms with van der Waals surface area (Å²) < 4.78 is 3.79. The van der Waals surface area contributed by atoms with Gasteiger partial charge in [-0.05, 0) is 48.4 Å². The zero-order valence-corrected chi connectivity index (χ0v) is 15.4. The molecule has 0 radical (unpaired) electrons. The van der Waals surface area contributed by atoms with Gasteiger partial charge < -0.3 is 0 Å². The van der Waals surface area contributed by atoms with Crippen molar-refractivity contribution in [3.63, 3.8) is 0 Å². The lowest BCUT2D eigenvalue weighted by Crippen LogP contribution is -2.22. The Labute approximate surface area is 160 Å². The van der Waals surface area contributed by atoms with Crippen molar-refractivity contribution in [3.05, 3.63) is 93.4 Å². The van der Waals surface area contributed by atoms with Crippen molar-refractivity contribution >= 4 is 39.2 Å². The monoisotopic (exact) mass is 373 g/mol. The molecule has 0 aliphatic heterocycles. The first-order valence-electron chi connectivity index (χ1n) is 8.76. The van der Waals surface area contributed by atoms with E-state index in [2.05, 4.69) is 0 Å². The standard InChI is InChI=1S/C22H16ClN3O/c1-14-10-11-25-19(12-14)24-20-17-4-2-3-5-18(17)22(27)26(21(20)25)13-15-6-8-16(23)9-7-15/h2-12H,13H2,1H3. The van der Waals surface area contributed by atoms with E-state index >= 15 is 0 Å². The Kier molecular flexibility index (Phi) is 3.55. The molecule has 0 bridgehead atoms. The Morgan fingerprint density at radius 1 is 1.00 bits per heavy atom. The first-order chi connectivity index (χ1) is 13.1. The van der Waals surface area contributed by atoms with Crippen LogP contribution in [0.1, 0.15) is 11.1 Å². The highest BCUT2D eigenvalue weighted by Crippen LogP contribution is 2.25. The van der Waals surface area contributed by atoms with Crippen LogP contribution in [0, 0.1) is 6.92 Å². The molecule has 5 heteroatoms. The highest BCUT2D eigenvalue weighted by molar-refractivity contribution is 6.30. The molecule has 0 unspecified atom stereocenters. The zero-order chi connectivity index (χ0) is 18.5. The van der Waals surface area contributed by atoms with Gasteiger partial charge in [0.2, 0.25) is 0 Å². The average molecular weight is 374 g/mol. The third-order valence-corrected chi connectivity index (χ3v) is 5.18. The van der Waals surface area contributed by atoms with Crippen LogP contribution in [0.5, 0.6) is 0 Å². The second-order valence-corrected chi connectivity index (χ2v) is 7.22. The van der Waals surface area contributed by atoms with Gasteiger partial charge in [-0.2, -0.15) is 0 Å². The summed E-state index contributed by atoms with van der Waals surface area (Å²) in [5.41, 5.74) is 4.61. The van der Waals surface area contributed by atoms with Gasteiger partial charge in [0.1, 0.15) is 16.8 Å². The molecule has 5 aromatic rings. The largest absolute Gasteiger partial charge is 0.287 e. The van der Waals surface area contributed by atoms with E-state index in [1.165, 1.54) is 0 Å². The lowest BCUT2D eigenvalue weighted by atomic mass is 10.1. The number of halogens is 1. The van der Waals surface area contributed by atoms with Gasteiger partial charge in [0.15, 0.2) is 0 Å². The number of nitrogens with zero attached hydrogens (tertiary/aromatic N) is 3. The number of pyridine rings is 2. The summed E-state index contributed by atoms with van der Waals surface area (Å²) in [6.45, 7) is 2.50. The fourth-order valence-corrected chi connectivity index (χ4v) is 3.73. The summed E-state index contributed by atoms with van der Waals surface area (Å²) in [7, 11) is 0. The van der Waals surface area contributed by atoms with Crippen molar-refractivity contribution in [2.45, 2.75) is 13.5 Å². The molecule has 0 amide bonds. The van der Waals surface area contributed by atoms with Gasteiger partial charge in [-0.3, -0.25) is 13.8 Å². The molecule has 0 saturated carbocycles. The van der Waals surface area contributed by atoms with Gasteiger partial charge in [0.25, 0.3) is 5.56 Å². The van der Waals surface area contributed by atoms with E-state index < -0.39 is 0 Å². The minimum absolute atomic E-state index is 0.0181. The molecule has 5 rings (SSSR count). The molecular formula is C22H16ClN3O. The van der Waals surface area contributed by atoms with Crippen LogP contribution >= 0.6 is 11.6 Å². The van der Waals surface area contributed by atoms with Crippen molar-refractivity contribution in [1.82, 2.24) is 14.0 Å². The number of imidazole rings is 1. The quantitative estimate of drug-likeness (QED) is 0.445. The van der Waals surface area contributed by atoms with E-state index in [1.807, 2.05) is 78.2 Å². The fraction of sp³-hybridized carbons (Fsp3) is 0.0909. The fourth-order valence-electron chi connectivity index (χ4n) is 3.61. The van der Waals surface area contributed by atoms with Crippen molar-refractivity contribution in [2.75, 3.05) is 0 Å². The Morgan fingerprint density at radius 2 is 1.74 bits per heavy atom. The van der Waals surface area contributed by atoms with Crippen LogP contribution in [0.3, 0.4) is 0 Å². The summed E-state index contributed by atoms with van der Waals surface area (Å²) in [6, 6.07) is 19.3. The molecule has 0 aliphatic rings. The highest BCUT2D eigenvalue weighted by Gasteiger charge is 2.16. The molecule has 3 aromatic heterocycles. The molecule has 4 nitrogen and oxygen atoms in total. The first-order valence-corrected chi connectivity index (χ1v) is 9.14. The molecule has 0 saturated heterocycles. The molecule has 27 heavy (non-hydrogen) atoms. The SMILES string of the molecule is Cc1ccn2c(c1)nc1c3ccccc3c(=O)n(Cc3ccc(Cl)cc3)c12. The van der Waals surface area contributed by atoms with Crippen LogP contribution < -0.4 is 5.56 Å². The van der Waals surface area contributed by atoms with Gasteiger partial charge in [-0.1, -0.05) is 41.9 Å². The van der Waals surface area contributed by atoms with Crippen LogP contribution in [-0.2, 0) is 6.54 Å². The first kappa shape index (κ1) is 16.1. The highest BCUT2D eigenvalue weighted by atomic mass is 35.5. The second-order valence-electron chi connectivity index (χ2n) is 6.78. The maximum Gasteiger partial charge on any atom is 0.260 e. The molecule has 0 spiro atoms. The maximum absolute atomic E-state index is 13.3. The minimum Gasteiger partial charge on any atom is -0.287 e. The predicted octanol–water partition coefficient (Wildman–Crippen LogP) is 4.81. The zero-order valence-electron chi connectivity index (χ0n) is 14.7. The van der Waals surface area contributed by atoms with E-state index in [9.17, 15) is 4.79 Å². The normalized spacial score (nSPS) is 11.6. The maximum atomic E-state index is 13.3. The topological polar surface area (TPSA) is 39.3 Å². The lowest BCUT2D eigenvalue weighted by molar-refractivity contribution is 0.787. The summed E-state index contributed by atoms with van der Waals surface area (Å²) in [4.78, 5) is 18.2. The summed E-state index contributed by atoms with van der Waals surface area (Å²) in [6.07, 6.45) is 1.98. The molecule has 132 valence electrons. The van der Waals surface area contributed by atoms with Crippen LogP contribution in [0.15, 0.2) is 71.7 Å². The molecule has 0 aliphatic carbocycles. The number of hydrogen-bond acceptors (Lipinski definition) is 2. The van der Waals surface area contributed by atoms with Crippen LogP contribution in [0.2, 0.25) is 5.02 Å². The molecule has 2 aromatic carbocycles. The third-order valence-electron chi connectivity index (χ3n) is 4.92. The predicted molar refractivity (Wildman–Crippen MR) is 110 cm³/mol.